The zero-order valence-corrected chi connectivity index (χ0v) is 12.4. The number of benzene rings is 2. The molecule has 4 heteroatoms. The second-order valence-corrected chi connectivity index (χ2v) is 5.44. The molecule has 3 rings (SSSR count). The molecule has 0 saturated heterocycles. The Labute approximate surface area is 129 Å². The van der Waals surface area contributed by atoms with Crippen molar-refractivity contribution in [2.75, 3.05) is 18.0 Å². The minimum absolute atomic E-state index is 0.117. The first-order valence-corrected chi connectivity index (χ1v) is 7.58. The number of halogens is 1. The number of nitrogens with zero attached hydrogens (tertiary/aromatic N) is 1. The molecule has 3 nitrogen and oxygen atoms in total. The van der Waals surface area contributed by atoms with Gasteiger partial charge in [0.25, 0.3) is 0 Å². The lowest BCUT2D eigenvalue weighted by molar-refractivity contribution is -0.118. The van der Waals surface area contributed by atoms with Gasteiger partial charge in [0.1, 0.15) is 5.82 Å². The number of anilines is 1. The second-order valence-electron chi connectivity index (χ2n) is 5.44. The van der Waals surface area contributed by atoms with Gasteiger partial charge in [-0.3, -0.25) is 4.79 Å². The van der Waals surface area contributed by atoms with Crippen molar-refractivity contribution in [1.29, 1.82) is 0 Å². The number of carbonyl (C=O) groups excluding carboxylic acids is 1. The van der Waals surface area contributed by atoms with Crippen LogP contribution < -0.4 is 10.2 Å². The molecule has 0 unspecified atom stereocenters. The van der Waals surface area contributed by atoms with E-state index in [9.17, 15) is 9.18 Å². The smallest absolute Gasteiger partial charge is 0.228 e. The molecule has 2 aromatic carbocycles. The predicted molar refractivity (Wildman–Crippen MR) is 85.2 cm³/mol. The van der Waals surface area contributed by atoms with Crippen LogP contribution >= 0.6 is 0 Å². The molecule has 1 N–H and O–H groups in total. The lowest BCUT2D eigenvalue weighted by Crippen LogP contribution is -2.31. The number of rotatable bonds is 5. The summed E-state index contributed by atoms with van der Waals surface area (Å²) in [5, 5.41) is 3.13. The van der Waals surface area contributed by atoms with E-state index in [0.717, 1.165) is 18.7 Å². The first-order valence-electron chi connectivity index (χ1n) is 7.58. The molecule has 0 spiro atoms. The summed E-state index contributed by atoms with van der Waals surface area (Å²) >= 11 is 0. The summed E-state index contributed by atoms with van der Waals surface area (Å²) in [5.41, 5.74) is 2.89. The van der Waals surface area contributed by atoms with Gasteiger partial charge in [0.15, 0.2) is 0 Å². The summed E-state index contributed by atoms with van der Waals surface area (Å²) in [6.45, 7) is 1.74. The topological polar surface area (TPSA) is 32.3 Å². The zero-order valence-electron chi connectivity index (χ0n) is 12.4. The van der Waals surface area contributed by atoms with Crippen LogP contribution in [0.5, 0.6) is 0 Å². The summed E-state index contributed by atoms with van der Waals surface area (Å²) in [7, 11) is 0. The quantitative estimate of drug-likeness (QED) is 0.861. The molecule has 0 atom stereocenters. The van der Waals surface area contributed by atoms with E-state index in [-0.39, 0.29) is 11.7 Å². The van der Waals surface area contributed by atoms with Crippen LogP contribution in [0.25, 0.3) is 0 Å². The van der Waals surface area contributed by atoms with Crippen molar-refractivity contribution in [3.63, 3.8) is 0 Å². The van der Waals surface area contributed by atoms with Gasteiger partial charge in [-0.15, -0.1) is 0 Å². The molecule has 0 fully saturated rings. The van der Waals surface area contributed by atoms with E-state index in [1.54, 1.807) is 12.1 Å². The van der Waals surface area contributed by atoms with Gasteiger partial charge in [0.2, 0.25) is 5.91 Å². The molecule has 114 valence electrons. The molecule has 22 heavy (non-hydrogen) atoms. The van der Waals surface area contributed by atoms with Crippen LogP contribution in [0.2, 0.25) is 0 Å². The average molecular weight is 298 g/mol. The van der Waals surface area contributed by atoms with Crippen LogP contribution in [0.3, 0.4) is 0 Å². The summed E-state index contributed by atoms with van der Waals surface area (Å²) in [5.74, 6) is -0.0965. The Morgan fingerprint density at radius 2 is 1.91 bits per heavy atom. The Kier molecular flexibility index (Phi) is 4.49. The highest BCUT2D eigenvalue weighted by molar-refractivity contribution is 5.95. The van der Waals surface area contributed by atoms with E-state index < -0.39 is 0 Å². The Balaban J connectivity index is 1.49. The molecule has 0 radical (unpaired) electrons. The highest BCUT2D eigenvalue weighted by Crippen LogP contribution is 2.27. The highest BCUT2D eigenvalue weighted by Gasteiger charge is 2.23. The normalized spacial score (nSPS) is 13.2. The van der Waals surface area contributed by atoms with Gasteiger partial charge in [0, 0.05) is 37.3 Å². The Bertz CT molecular complexity index is 672. The zero-order chi connectivity index (χ0) is 15.4. The minimum Gasteiger partial charge on any atom is -0.312 e. The maximum Gasteiger partial charge on any atom is 0.228 e. The molecule has 0 saturated carbocycles. The van der Waals surface area contributed by atoms with Gasteiger partial charge in [0.05, 0.1) is 0 Å². The number of amides is 1. The lowest BCUT2D eigenvalue weighted by Gasteiger charge is -2.17. The number of carbonyl (C=O) groups is 1. The molecule has 0 aliphatic carbocycles. The third-order valence-corrected chi connectivity index (χ3v) is 3.98. The van der Waals surface area contributed by atoms with Crippen LogP contribution in [0.15, 0.2) is 48.5 Å². The SMILES string of the molecule is O=C(CCNCc1ccccc1F)N1CCc2ccccc21. The Morgan fingerprint density at radius 1 is 1.14 bits per heavy atom. The molecule has 1 aliphatic heterocycles. The number of hydrogen-bond donors (Lipinski definition) is 1. The van der Waals surface area contributed by atoms with Crippen molar-refractivity contribution in [2.24, 2.45) is 0 Å². The van der Waals surface area contributed by atoms with Crippen molar-refractivity contribution in [3.8, 4) is 0 Å². The van der Waals surface area contributed by atoms with Crippen molar-refractivity contribution in [1.82, 2.24) is 5.32 Å². The predicted octanol–water partition coefficient (Wildman–Crippen LogP) is 2.89. The van der Waals surface area contributed by atoms with Crippen molar-refractivity contribution in [3.05, 3.63) is 65.5 Å². The van der Waals surface area contributed by atoms with E-state index in [4.69, 9.17) is 0 Å². The largest absolute Gasteiger partial charge is 0.312 e. The van der Waals surface area contributed by atoms with E-state index in [1.165, 1.54) is 11.6 Å². The third kappa shape index (κ3) is 3.17. The molecular formula is C18H19FN2O. The summed E-state index contributed by atoms with van der Waals surface area (Å²) in [6, 6.07) is 14.7. The monoisotopic (exact) mass is 298 g/mol. The third-order valence-electron chi connectivity index (χ3n) is 3.98. The van der Waals surface area contributed by atoms with Gasteiger partial charge in [-0.25, -0.2) is 4.39 Å². The summed E-state index contributed by atoms with van der Waals surface area (Å²) in [6.07, 6.45) is 1.34. The van der Waals surface area contributed by atoms with E-state index in [1.807, 2.05) is 29.2 Å². The Hall–Kier alpha value is -2.20. The lowest BCUT2D eigenvalue weighted by atomic mass is 10.2. The van der Waals surface area contributed by atoms with Crippen LogP contribution in [-0.2, 0) is 17.8 Å². The fourth-order valence-corrected chi connectivity index (χ4v) is 2.79. The maximum absolute atomic E-state index is 13.5. The minimum atomic E-state index is -0.213. The standard InChI is InChI=1S/C18H19FN2O/c19-16-7-3-1-6-15(16)13-20-11-9-18(22)21-12-10-14-5-2-4-8-17(14)21/h1-8,20H,9-13H2. The van der Waals surface area contributed by atoms with Gasteiger partial charge in [-0.2, -0.15) is 0 Å². The van der Waals surface area contributed by atoms with Gasteiger partial charge < -0.3 is 10.2 Å². The first-order chi connectivity index (χ1) is 10.8. The fraction of sp³-hybridized carbons (Fsp3) is 0.278. The van der Waals surface area contributed by atoms with Crippen molar-refractivity contribution in [2.45, 2.75) is 19.4 Å². The van der Waals surface area contributed by atoms with Crippen LogP contribution in [0.4, 0.5) is 10.1 Å². The molecule has 0 bridgehead atoms. The molecular weight excluding hydrogens is 279 g/mol. The second kappa shape index (κ2) is 6.71. The van der Waals surface area contributed by atoms with Gasteiger partial charge in [-0.05, 0) is 24.1 Å². The number of para-hydroxylation sites is 1. The van der Waals surface area contributed by atoms with Crippen molar-refractivity contribution >= 4 is 11.6 Å². The maximum atomic E-state index is 13.5. The molecule has 2 aromatic rings. The number of nitrogens with one attached hydrogen (secondary N) is 1. The molecule has 0 aromatic heterocycles. The molecule has 1 heterocycles. The van der Waals surface area contributed by atoms with E-state index >= 15 is 0 Å². The van der Waals surface area contributed by atoms with Crippen LogP contribution in [-0.4, -0.2) is 19.0 Å². The molecule has 1 amide bonds. The van der Waals surface area contributed by atoms with Crippen LogP contribution in [0, 0.1) is 5.82 Å². The summed E-state index contributed by atoms with van der Waals surface area (Å²) in [4.78, 5) is 14.1. The highest BCUT2D eigenvalue weighted by atomic mass is 19.1. The van der Waals surface area contributed by atoms with E-state index in [2.05, 4.69) is 11.4 Å². The van der Waals surface area contributed by atoms with Gasteiger partial charge >= 0.3 is 0 Å². The number of hydrogen-bond acceptors (Lipinski definition) is 2. The average Bonchev–Trinajstić information content (AvgIpc) is 2.97. The molecule has 1 aliphatic rings. The Morgan fingerprint density at radius 3 is 2.77 bits per heavy atom. The van der Waals surface area contributed by atoms with Crippen LogP contribution in [0.1, 0.15) is 17.5 Å². The fourth-order valence-electron chi connectivity index (χ4n) is 2.79. The van der Waals surface area contributed by atoms with Crippen molar-refractivity contribution < 1.29 is 9.18 Å². The summed E-state index contributed by atoms with van der Waals surface area (Å²) < 4.78 is 13.5. The first kappa shape index (κ1) is 14.7. The van der Waals surface area contributed by atoms with Gasteiger partial charge in [-0.1, -0.05) is 36.4 Å². The van der Waals surface area contributed by atoms with E-state index in [0.29, 0.717) is 25.1 Å². The number of fused-ring (bicyclic) bond motifs is 1.